The quantitative estimate of drug-likeness (QED) is 0.609. The maximum atomic E-state index is 12.5. The van der Waals surface area contributed by atoms with Crippen molar-refractivity contribution < 1.29 is 13.2 Å². The summed E-state index contributed by atoms with van der Waals surface area (Å²) in [5.41, 5.74) is 4.65. The lowest BCUT2D eigenvalue weighted by atomic mass is 10.2. The number of aromatic nitrogens is 1. The van der Waals surface area contributed by atoms with E-state index in [2.05, 4.69) is 14.5 Å². The summed E-state index contributed by atoms with van der Waals surface area (Å²) in [6.45, 7) is 9.35. The predicted molar refractivity (Wildman–Crippen MR) is 107 cm³/mol. The zero-order valence-electron chi connectivity index (χ0n) is 16.3. The Morgan fingerprint density at radius 3 is 2.74 bits per heavy atom. The van der Waals surface area contributed by atoms with Gasteiger partial charge in [-0.15, -0.1) is 0 Å². The van der Waals surface area contributed by atoms with Gasteiger partial charge in [-0.3, -0.25) is 0 Å². The van der Waals surface area contributed by atoms with E-state index in [4.69, 9.17) is 4.74 Å². The van der Waals surface area contributed by atoms with Gasteiger partial charge in [-0.05, 0) is 63.8 Å². The molecule has 0 radical (unpaired) electrons. The van der Waals surface area contributed by atoms with Gasteiger partial charge < -0.3 is 9.30 Å². The zero-order valence-corrected chi connectivity index (χ0v) is 17.1. The molecule has 0 bridgehead atoms. The molecule has 1 atom stereocenters. The molecule has 1 aromatic carbocycles. The van der Waals surface area contributed by atoms with E-state index >= 15 is 0 Å². The molecule has 1 aromatic heterocycles. The molecule has 2 heterocycles. The van der Waals surface area contributed by atoms with Crippen molar-refractivity contribution in [2.45, 2.75) is 58.1 Å². The van der Waals surface area contributed by atoms with E-state index in [9.17, 15) is 8.42 Å². The first-order valence-electron chi connectivity index (χ1n) is 9.18. The second-order valence-corrected chi connectivity index (χ2v) is 8.82. The van der Waals surface area contributed by atoms with Crippen LogP contribution in [0, 0.1) is 27.7 Å². The van der Waals surface area contributed by atoms with Crippen LogP contribution in [0.2, 0.25) is 0 Å². The summed E-state index contributed by atoms with van der Waals surface area (Å²) in [6.07, 6.45) is 4.01. The molecule has 0 unspecified atom stereocenters. The van der Waals surface area contributed by atoms with Gasteiger partial charge in [-0.1, -0.05) is 12.1 Å². The number of hydrazone groups is 1. The van der Waals surface area contributed by atoms with E-state index in [1.165, 1.54) is 0 Å². The molecule has 0 saturated carbocycles. The van der Waals surface area contributed by atoms with Crippen LogP contribution >= 0.6 is 0 Å². The number of nitrogens with one attached hydrogen (secondary N) is 1. The lowest BCUT2D eigenvalue weighted by molar-refractivity contribution is 0.0962. The van der Waals surface area contributed by atoms with Gasteiger partial charge in [0.05, 0.1) is 17.2 Å². The molecule has 7 heteroatoms. The van der Waals surface area contributed by atoms with E-state index in [0.29, 0.717) is 5.56 Å². The highest BCUT2D eigenvalue weighted by molar-refractivity contribution is 7.89. The third-order valence-electron chi connectivity index (χ3n) is 5.03. The Bertz CT molecular complexity index is 955. The largest absolute Gasteiger partial charge is 0.376 e. The van der Waals surface area contributed by atoms with Crippen LogP contribution in [0.4, 0.5) is 0 Å². The molecule has 0 spiro atoms. The molecular weight excluding hydrogens is 362 g/mol. The minimum Gasteiger partial charge on any atom is -0.376 e. The Kier molecular flexibility index (Phi) is 5.72. The molecule has 1 N–H and O–H groups in total. The van der Waals surface area contributed by atoms with Crippen LogP contribution in [-0.4, -0.2) is 31.9 Å². The molecule has 1 aliphatic rings. The van der Waals surface area contributed by atoms with Gasteiger partial charge >= 0.3 is 0 Å². The molecule has 1 saturated heterocycles. The number of hydrogen-bond acceptors (Lipinski definition) is 4. The van der Waals surface area contributed by atoms with Gasteiger partial charge in [0.15, 0.2) is 0 Å². The van der Waals surface area contributed by atoms with E-state index in [-0.39, 0.29) is 11.0 Å². The third kappa shape index (κ3) is 4.42. The summed E-state index contributed by atoms with van der Waals surface area (Å²) in [5, 5.41) is 4.00. The maximum Gasteiger partial charge on any atom is 0.276 e. The minimum absolute atomic E-state index is 0.252. The van der Waals surface area contributed by atoms with Gasteiger partial charge in [-0.2, -0.15) is 13.5 Å². The van der Waals surface area contributed by atoms with Crippen molar-refractivity contribution in [3.05, 3.63) is 52.3 Å². The first kappa shape index (κ1) is 19.6. The van der Waals surface area contributed by atoms with Gasteiger partial charge in [0.25, 0.3) is 10.0 Å². The van der Waals surface area contributed by atoms with Crippen molar-refractivity contribution in [3.8, 4) is 0 Å². The smallest absolute Gasteiger partial charge is 0.276 e. The summed E-state index contributed by atoms with van der Waals surface area (Å²) >= 11 is 0. The van der Waals surface area contributed by atoms with Gasteiger partial charge in [0.2, 0.25) is 0 Å². The highest BCUT2D eigenvalue weighted by atomic mass is 32.2. The number of sulfonamides is 1. The molecule has 0 amide bonds. The summed E-state index contributed by atoms with van der Waals surface area (Å²) < 4.78 is 33.0. The van der Waals surface area contributed by atoms with Crippen LogP contribution in [0.5, 0.6) is 0 Å². The van der Waals surface area contributed by atoms with Crippen molar-refractivity contribution in [2.75, 3.05) is 6.61 Å². The van der Waals surface area contributed by atoms with Crippen molar-refractivity contribution in [1.29, 1.82) is 0 Å². The van der Waals surface area contributed by atoms with Gasteiger partial charge in [-0.25, -0.2) is 4.83 Å². The zero-order chi connectivity index (χ0) is 19.6. The first-order valence-corrected chi connectivity index (χ1v) is 10.7. The third-order valence-corrected chi connectivity index (χ3v) is 6.40. The fraction of sp³-hybridized carbons (Fsp3) is 0.450. The fourth-order valence-corrected chi connectivity index (χ4v) is 4.57. The predicted octanol–water partition coefficient (Wildman–Crippen LogP) is 3.21. The summed E-state index contributed by atoms with van der Waals surface area (Å²) in [6, 6.07) is 7.35. The second kappa shape index (κ2) is 7.86. The van der Waals surface area contributed by atoms with Crippen LogP contribution < -0.4 is 4.83 Å². The summed E-state index contributed by atoms with van der Waals surface area (Å²) in [5.74, 6) is 0. The lowest BCUT2D eigenvalue weighted by Crippen LogP contribution is -2.19. The average molecular weight is 390 g/mol. The Morgan fingerprint density at radius 1 is 1.26 bits per heavy atom. The number of hydrogen-bond donors (Lipinski definition) is 1. The van der Waals surface area contributed by atoms with E-state index in [0.717, 1.165) is 48.5 Å². The molecular formula is C20H27N3O3S. The molecule has 1 fully saturated rings. The van der Waals surface area contributed by atoms with E-state index in [1.807, 2.05) is 32.9 Å². The summed E-state index contributed by atoms with van der Waals surface area (Å²) in [4.78, 5) is 2.58. The topological polar surface area (TPSA) is 72.7 Å². The number of nitrogens with zero attached hydrogens (tertiary/aromatic N) is 2. The monoisotopic (exact) mass is 389 g/mol. The molecule has 6 nitrogen and oxygen atoms in total. The van der Waals surface area contributed by atoms with Crippen LogP contribution in [0.1, 0.15) is 40.9 Å². The van der Waals surface area contributed by atoms with Gasteiger partial charge in [0, 0.05) is 30.1 Å². The summed E-state index contributed by atoms with van der Waals surface area (Å²) in [7, 11) is -3.69. The first-order chi connectivity index (χ1) is 12.8. The Labute approximate surface area is 161 Å². The number of benzene rings is 1. The highest BCUT2D eigenvalue weighted by Gasteiger charge is 2.19. The van der Waals surface area contributed by atoms with Crippen LogP contribution in [0.25, 0.3) is 0 Å². The van der Waals surface area contributed by atoms with Gasteiger partial charge in [0.1, 0.15) is 0 Å². The van der Waals surface area contributed by atoms with Crippen molar-refractivity contribution in [3.63, 3.8) is 0 Å². The molecule has 2 aromatic rings. The maximum absolute atomic E-state index is 12.5. The Balaban J connectivity index is 1.75. The molecule has 146 valence electrons. The van der Waals surface area contributed by atoms with Crippen LogP contribution in [0.15, 0.2) is 34.3 Å². The molecule has 0 aliphatic carbocycles. The fourth-order valence-electron chi connectivity index (χ4n) is 3.44. The van der Waals surface area contributed by atoms with Crippen LogP contribution in [0.3, 0.4) is 0 Å². The van der Waals surface area contributed by atoms with E-state index < -0.39 is 10.0 Å². The molecule has 1 aliphatic heterocycles. The SMILES string of the molecule is Cc1ccc(C)c(S(=O)(=O)N/N=C\c2cc(C)n(C[C@H]3CCCO3)c2C)c1. The van der Waals surface area contributed by atoms with Crippen molar-refractivity contribution in [2.24, 2.45) is 5.10 Å². The standard InChI is InChI=1S/C20H27N3O3S/c1-14-7-8-15(2)20(10-14)27(24,25)22-21-12-18-11-16(3)23(17(18)4)13-19-6-5-9-26-19/h7-8,10-12,19,22H,5-6,9,13H2,1-4H3/b21-12-/t19-/m1/s1. The normalized spacial score (nSPS) is 17.7. The van der Waals surface area contributed by atoms with E-state index in [1.54, 1.807) is 25.3 Å². The Hall–Kier alpha value is -2.12. The van der Waals surface area contributed by atoms with Crippen LogP contribution in [-0.2, 0) is 21.3 Å². The highest BCUT2D eigenvalue weighted by Crippen LogP contribution is 2.20. The number of ether oxygens (including phenoxy) is 1. The van der Waals surface area contributed by atoms with Crippen molar-refractivity contribution >= 4 is 16.2 Å². The average Bonchev–Trinajstić information content (AvgIpc) is 3.21. The Morgan fingerprint density at radius 2 is 2.04 bits per heavy atom. The number of rotatable bonds is 6. The van der Waals surface area contributed by atoms with Crippen molar-refractivity contribution in [1.82, 2.24) is 9.40 Å². The second-order valence-electron chi connectivity index (χ2n) is 7.19. The minimum atomic E-state index is -3.69. The number of aryl methyl sites for hydroxylation is 3. The molecule has 27 heavy (non-hydrogen) atoms. The lowest BCUT2D eigenvalue weighted by Gasteiger charge is -2.14. The molecule has 3 rings (SSSR count).